The summed E-state index contributed by atoms with van der Waals surface area (Å²) >= 11 is 10.9. The van der Waals surface area contributed by atoms with Gasteiger partial charge in [-0.2, -0.15) is 0 Å². The number of nitrogens with one attached hydrogen (secondary N) is 1. The molecule has 0 bridgehead atoms. The number of rotatable bonds is 1. The summed E-state index contributed by atoms with van der Waals surface area (Å²) in [7, 11) is 0. The first-order chi connectivity index (χ1) is 9.99. The van der Waals surface area contributed by atoms with Crippen LogP contribution < -0.4 is 5.32 Å². The van der Waals surface area contributed by atoms with Crippen LogP contribution in [0.3, 0.4) is 0 Å². The van der Waals surface area contributed by atoms with Gasteiger partial charge in [-0.3, -0.25) is 4.79 Å². The number of benzene rings is 1. The van der Waals surface area contributed by atoms with Gasteiger partial charge in [-0.05, 0) is 25.0 Å². The number of aliphatic imine (C=N–C) groups is 1. The van der Waals surface area contributed by atoms with E-state index in [-0.39, 0.29) is 11.1 Å². The van der Waals surface area contributed by atoms with Crippen LogP contribution in [0.2, 0.25) is 5.02 Å². The van der Waals surface area contributed by atoms with Crippen molar-refractivity contribution in [3.05, 3.63) is 46.6 Å². The fraction of sp³-hybridized carbons (Fsp3) is 0.0667. The molecule has 0 unspecified atom stereocenters. The zero-order chi connectivity index (χ0) is 15.8. The normalized spacial score (nSPS) is 13.9. The number of hydrogen-bond donors (Lipinski definition) is 1. The van der Waals surface area contributed by atoms with Gasteiger partial charge in [0.1, 0.15) is 11.3 Å². The zero-order valence-electron chi connectivity index (χ0n) is 11.1. The number of fused-ring (bicyclic) bond motifs is 1. The van der Waals surface area contributed by atoms with Crippen LogP contribution in [0.4, 0.5) is 10.1 Å². The van der Waals surface area contributed by atoms with Gasteiger partial charge in [0, 0.05) is 16.2 Å². The number of hydrogen-bond acceptors (Lipinski definition) is 2. The maximum atomic E-state index is 11.4. The van der Waals surface area contributed by atoms with Crippen molar-refractivity contribution in [2.45, 2.75) is 6.92 Å². The van der Waals surface area contributed by atoms with Crippen molar-refractivity contribution in [2.24, 2.45) is 4.99 Å². The summed E-state index contributed by atoms with van der Waals surface area (Å²) in [6.45, 7) is 5.05. The van der Waals surface area contributed by atoms with Gasteiger partial charge in [-0.25, -0.2) is 4.99 Å². The molecule has 0 atom stereocenters. The summed E-state index contributed by atoms with van der Waals surface area (Å²) in [5.74, 6) is 1.87. The molecule has 0 saturated carbocycles. The molecule has 1 heterocycles. The van der Waals surface area contributed by atoms with Gasteiger partial charge in [0.25, 0.3) is 5.91 Å². The Morgan fingerprint density at radius 1 is 1.52 bits per heavy atom. The Labute approximate surface area is 132 Å². The van der Waals surface area contributed by atoms with Crippen LogP contribution in [0, 0.1) is 12.1 Å². The van der Waals surface area contributed by atoms with Crippen LogP contribution >= 0.6 is 23.2 Å². The number of carbonyl (C=O) groups excluding carboxylic acids is 1. The molecule has 1 aliphatic rings. The molecule has 6 heteroatoms. The predicted molar refractivity (Wildman–Crippen MR) is 86.1 cm³/mol. The summed E-state index contributed by atoms with van der Waals surface area (Å²) in [6.07, 6.45) is 3.96. The van der Waals surface area contributed by atoms with Gasteiger partial charge < -0.3 is 5.32 Å². The van der Waals surface area contributed by atoms with E-state index in [9.17, 15) is 9.18 Å². The molecule has 108 valence electrons. The average Bonchev–Trinajstić information content (AvgIpc) is 2.73. The minimum Gasteiger partial charge on any atom is -0.321 e. The summed E-state index contributed by atoms with van der Waals surface area (Å²) < 4.78 is 10.9. The summed E-state index contributed by atoms with van der Waals surface area (Å²) in [6, 6.07) is 5.39. The van der Waals surface area contributed by atoms with E-state index in [0.717, 1.165) is 23.6 Å². The Morgan fingerprint density at radius 2 is 2.24 bits per heavy atom. The SMILES string of the molecule is C/C=C1/C(=O)Nc2cc(Cl)ccc21.C=C(Cl)/N=C\C#CF. The Hall–Kier alpha value is -2.09. The Morgan fingerprint density at radius 3 is 2.81 bits per heavy atom. The van der Waals surface area contributed by atoms with Gasteiger partial charge in [-0.1, -0.05) is 41.9 Å². The highest BCUT2D eigenvalue weighted by molar-refractivity contribution is 6.34. The zero-order valence-corrected chi connectivity index (χ0v) is 12.6. The maximum Gasteiger partial charge on any atom is 0.256 e. The van der Waals surface area contributed by atoms with Crippen LogP contribution in [-0.4, -0.2) is 12.1 Å². The van der Waals surface area contributed by atoms with Crippen molar-refractivity contribution >= 4 is 46.6 Å². The molecule has 21 heavy (non-hydrogen) atoms. The van der Waals surface area contributed by atoms with E-state index in [1.54, 1.807) is 18.2 Å². The first-order valence-electron chi connectivity index (χ1n) is 5.75. The Kier molecular flexibility index (Phi) is 6.67. The molecule has 2 rings (SSSR count). The highest BCUT2D eigenvalue weighted by Gasteiger charge is 2.22. The van der Waals surface area contributed by atoms with E-state index in [4.69, 9.17) is 23.2 Å². The van der Waals surface area contributed by atoms with E-state index in [1.807, 2.05) is 18.9 Å². The van der Waals surface area contributed by atoms with Crippen LogP contribution in [0.15, 0.2) is 41.0 Å². The maximum absolute atomic E-state index is 11.4. The number of amides is 1. The number of nitrogens with zero attached hydrogens (tertiary/aromatic N) is 1. The van der Waals surface area contributed by atoms with Crippen LogP contribution in [0.5, 0.6) is 0 Å². The molecular weight excluding hydrogens is 314 g/mol. The van der Waals surface area contributed by atoms with Crippen LogP contribution in [0.25, 0.3) is 5.57 Å². The minimum absolute atomic E-state index is 0.0558. The summed E-state index contributed by atoms with van der Waals surface area (Å²) in [5.41, 5.74) is 2.44. The minimum atomic E-state index is -0.0558. The first-order valence-corrected chi connectivity index (χ1v) is 6.51. The second kappa shape index (κ2) is 8.25. The molecule has 0 radical (unpaired) electrons. The van der Waals surface area contributed by atoms with Crippen molar-refractivity contribution in [1.82, 2.24) is 0 Å². The quantitative estimate of drug-likeness (QED) is 0.354. The molecule has 0 fully saturated rings. The van der Waals surface area contributed by atoms with E-state index >= 15 is 0 Å². The van der Waals surface area contributed by atoms with E-state index in [1.165, 1.54) is 0 Å². The van der Waals surface area contributed by atoms with Gasteiger partial charge in [-0.15, -0.1) is 4.39 Å². The molecular formula is C15H11Cl2FN2O. The lowest BCUT2D eigenvalue weighted by molar-refractivity contribution is -0.110. The van der Waals surface area contributed by atoms with Crippen LogP contribution in [-0.2, 0) is 4.79 Å². The average molecular weight is 325 g/mol. The lowest BCUT2D eigenvalue weighted by Crippen LogP contribution is -2.03. The molecule has 1 N–H and O–H groups in total. The number of carbonyl (C=O) groups is 1. The largest absolute Gasteiger partial charge is 0.321 e. The second-order valence-corrected chi connectivity index (χ2v) is 4.59. The number of anilines is 1. The standard InChI is InChI=1S/C10H8ClNO.C5H3ClFN/c1-2-7-8-4-3-6(11)5-9(8)12-10(7)13;1-5(6)8-4-2-3-7/h2-5H,1H3,(H,12,13);4H,1H2/b7-2+;8-4-. The van der Waals surface area contributed by atoms with E-state index < -0.39 is 0 Å². The molecule has 1 aromatic rings. The fourth-order valence-corrected chi connectivity index (χ4v) is 1.80. The molecule has 1 amide bonds. The van der Waals surface area contributed by atoms with Crippen molar-refractivity contribution in [3.8, 4) is 12.1 Å². The predicted octanol–water partition coefficient (Wildman–Crippen LogP) is 4.39. The van der Waals surface area contributed by atoms with Crippen LogP contribution in [0.1, 0.15) is 12.5 Å². The topological polar surface area (TPSA) is 41.5 Å². The third-order valence-corrected chi connectivity index (χ3v) is 2.71. The summed E-state index contributed by atoms with van der Waals surface area (Å²) in [4.78, 5) is 14.7. The third-order valence-electron chi connectivity index (χ3n) is 2.38. The highest BCUT2D eigenvalue weighted by atomic mass is 35.5. The molecule has 1 aromatic carbocycles. The third kappa shape index (κ3) is 5.07. The van der Waals surface area contributed by atoms with Crippen molar-refractivity contribution in [1.29, 1.82) is 0 Å². The molecule has 3 nitrogen and oxygen atoms in total. The lowest BCUT2D eigenvalue weighted by Gasteiger charge is -1.97. The lowest BCUT2D eigenvalue weighted by atomic mass is 10.1. The number of allylic oxidation sites excluding steroid dienone is 1. The van der Waals surface area contributed by atoms with Gasteiger partial charge in [0.15, 0.2) is 0 Å². The molecule has 0 spiro atoms. The summed E-state index contributed by atoms with van der Waals surface area (Å²) in [5, 5.41) is 3.47. The first kappa shape index (κ1) is 17.0. The molecule has 0 aromatic heterocycles. The monoisotopic (exact) mass is 324 g/mol. The molecule has 0 saturated heterocycles. The van der Waals surface area contributed by atoms with Crippen molar-refractivity contribution in [2.75, 3.05) is 5.32 Å². The Balaban J connectivity index is 0.000000240. The second-order valence-electron chi connectivity index (χ2n) is 3.72. The molecule has 0 aliphatic carbocycles. The van der Waals surface area contributed by atoms with Crippen molar-refractivity contribution < 1.29 is 9.18 Å². The van der Waals surface area contributed by atoms with E-state index in [0.29, 0.717) is 10.6 Å². The Bertz CT molecular complexity index is 685. The van der Waals surface area contributed by atoms with Gasteiger partial charge >= 0.3 is 0 Å². The highest BCUT2D eigenvalue weighted by Crippen LogP contribution is 2.33. The van der Waals surface area contributed by atoms with E-state index in [2.05, 4.69) is 16.9 Å². The molecule has 1 aliphatic heterocycles. The van der Waals surface area contributed by atoms with Gasteiger partial charge in [0.05, 0.1) is 11.9 Å². The van der Waals surface area contributed by atoms with Gasteiger partial charge in [0.2, 0.25) is 0 Å². The fourth-order valence-electron chi connectivity index (χ4n) is 1.58. The van der Waals surface area contributed by atoms with Crippen molar-refractivity contribution in [3.63, 3.8) is 0 Å². The number of halogens is 3. The smallest absolute Gasteiger partial charge is 0.256 e.